The number of alkyl halides is 3. The maximum absolute atomic E-state index is 15.0. The van der Waals surface area contributed by atoms with Crippen LogP contribution in [0.3, 0.4) is 0 Å². The molecular formula is C28H27F5N4O5S. The van der Waals surface area contributed by atoms with Gasteiger partial charge in [-0.15, -0.1) is 0 Å². The van der Waals surface area contributed by atoms with Crippen LogP contribution in [0.4, 0.5) is 22.0 Å². The van der Waals surface area contributed by atoms with Crippen LogP contribution in [0.15, 0.2) is 36.4 Å². The van der Waals surface area contributed by atoms with Gasteiger partial charge >= 0.3 is 15.6 Å². The van der Waals surface area contributed by atoms with E-state index < -0.39 is 33.1 Å². The summed E-state index contributed by atoms with van der Waals surface area (Å²) in [6.45, 7) is 3.86. The standard InChI is InChI=1S/C28H27F5N4O5S/c1-27(2)9-8-17-22(14-27)34-25(35-26(17)42-43(38,39)28(31,32)33)24-18-6-4-5-7-23(18)37(36-24)15-19-20(29)12-16(13-21(19)30)41-11-10-40-3/h4-7,12-13H,8-11,14-15H2,1-3H3. The van der Waals surface area contributed by atoms with Crippen molar-refractivity contribution in [1.82, 2.24) is 19.7 Å². The van der Waals surface area contributed by atoms with E-state index in [1.807, 2.05) is 13.8 Å². The lowest BCUT2D eigenvalue weighted by Gasteiger charge is -2.31. The normalized spacial score (nSPS) is 15.0. The molecule has 0 amide bonds. The molecule has 0 saturated carbocycles. The molecule has 230 valence electrons. The SMILES string of the molecule is COCCOc1cc(F)c(Cn2nc(-c3nc4c(c(OS(=O)(=O)C(F)(F)F)n3)CCC(C)(C)C4)c3ccccc32)c(F)c1. The van der Waals surface area contributed by atoms with Crippen molar-refractivity contribution in [3.05, 3.63) is 64.9 Å². The summed E-state index contributed by atoms with van der Waals surface area (Å²) in [5.41, 5.74) is -5.29. The zero-order valence-electron chi connectivity index (χ0n) is 23.3. The number of para-hydroxylation sites is 1. The highest BCUT2D eigenvalue weighted by atomic mass is 32.2. The number of rotatable bonds is 9. The average molecular weight is 627 g/mol. The van der Waals surface area contributed by atoms with Gasteiger partial charge in [-0.1, -0.05) is 32.0 Å². The number of ether oxygens (including phenoxy) is 2. The Kier molecular flexibility index (Phi) is 8.07. The third-order valence-electron chi connectivity index (χ3n) is 7.07. The molecule has 0 radical (unpaired) electrons. The molecule has 4 aromatic rings. The first kappa shape index (κ1) is 30.6. The molecule has 1 aliphatic carbocycles. The van der Waals surface area contributed by atoms with Gasteiger partial charge in [0, 0.05) is 35.8 Å². The average Bonchev–Trinajstić information content (AvgIpc) is 3.28. The first-order valence-electron chi connectivity index (χ1n) is 13.2. The van der Waals surface area contributed by atoms with Crippen LogP contribution in [-0.4, -0.2) is 54.0 Å². The van der Waals surface area contributed by atoms with Gasteiger partial charge < -0.3 is 13.7 Å². The number of methoxy groups -OCH3 is 1. The third kappa shape index (κ3) is 6.27. The van der Waals surface area contributed by atoms with Crippen LogP contribution >= 0.6 is 0 Å². The van der Waals surface area contributed by atoms with Gasteiger partial charge in [-0.3, -0.25) is 4.68 Å². The Morgan fingerprint density at radius 3 is 2.42 bits per heavy atom. The van der Waals surface area contributed by atoms with Crippen molar-refractivity contribution < 1.29 is 44.0 Å². The molecule has 0 saturated heterocycles. The van der Waals surface area contributed by atoms with Crippen molar-refractivity contribution in [2.75, 3.05) is 20.3 Å². The highest BCUT2D eigenvalue weighted by Crippen LogP contribution is 2.40. The molecule has 5 rings (SSSR count). The zero-order chi connectivity index (χ0) is 31.2. The van der Waals surface area contributed by atoms with Gasteiger partial charge in [-0.25, -0.2) is 13.8 Å². The molecule has 2 aromatic carbocycles. The van der Waals surface area contributed by atoms with E-state index in [0.29, 0.717) is 29.4 Å². The van der Waals surface area contributed by atoms with Crippen LogP contribution in [0.25, 0.3) is 22.4 Å². The molecule has 0 fully saturated rings. The van der Waals surface area contributed by atoms with Gasteiger partial charge in [0.2, 0.25) is 5.88 Å². The summed E-state index contributed by atoms with van der Waals surface area (Å²) in [6, 6.07) is 8.69. The Balaban J connectivity index is 1.60. The van der Waals surface area contributed by atoms with Crippen molar-refractivity contribution in [1.29, 1.82) is 0 Å². The van der Waals surface area contributed by atoms with E-state index in [0.717, 1.165) is 12.1 Å². The Morgan fingerprint density at radius 1 is 1.05 bits per heavy atom. The third-order valence-corrected chi connectivity index (χ3v) is 8.02. The number of hydrogen-bond acceptors (Lipinski definition) is 8. The van der Waals surface area contributed by atoms with Gasteiger partial charge in [-0.05, 0) is 30.7 Å². The molecule has 0 bridgehead atoms. The van der Waals surface area contributed by atoms with Crippen LogP contribution in [0.1, 0.15) is 37.1 Å². The lowest BCUT2D eigenvalue weighted by Crippen LogP contribution is -2.30. The number of aromatic nitrogens is 4. The minimum Gasteiger partial charge on any atom is -0.491 e. The van der Waals surface area contributed by atoms with E-state index in [1.54, 1.807) is 24.3 Å². The fourth-order valence-corrected chi connectivity index (χ4v) is 5.30. The molecule has 2 heterocycles. The summed E-state index contributed by atoms with van der Waals surface area (Å²) in [5, 5.41) is 4.89. The Labute approximate surface area is 243 Å². The second-order valence-corrected chi connectivity index (χ2v) is 12.4. The molecule has 43 heavy (non-hydrogen) atoms. The van der Waals surface area contributed by atoms with E-state index >= 15 is 8.78 Å². The highest BCUT2D eigenvalue weighted by Gasteiger charge is 2.49. The summed E-state index contributed by atoms with van der Waals surface area (Å²) >= 11 is 0. The second-order valence-electron chi connectivity index (χ2n) is 10.8. The number of hydrogen-bond donors (Lipinski definition) is 0. The van der Waals surface area contributed by atoms with Gasteiger partial charge in [-0.2, -0.15) is 31.7 Å². The molecule has 1 aliphatic rings. The van der Waals surface area contributed by atoms with Crippen molar-refractivity contribution >= 4 is 21.0 Å². The predicted molar refractivity (Wildman–Crippen MR) is 145 cm³/mol. The van der Waals surface area contributed by atoms with Crippen molar-refractivity contribution in [2.45, 2.75) is 45.2 Å². The first-order chi connectivity index (χ1) is 20.2. The molecule has 0 spiro atoms. The zero-order valence-corrected chi connectivity index (χ0v) is 24.2. The first-order valence-corrected chi connectivity index (χ1v) is 14.6. The Morgan fingerprint density at radius 2 is 1.74 bits per heavy atom. The maximum Gasteiger partial charge on any atom is 0.534 e. The second kappa shape index (κ2) is 11.3. The van der Waals surface area contributed by atoms with Gasteiger partial charge in [0.05, 0.1) is 24.4 Å². The molecule has 9 nitrogen and oxygen atoms in total. The van der Waals surface area contributed by atoms with Crippen LogP contribution in [-0.2, 0) is 34.2 Å². The Bertz CT molecular complexity index is 1770. The quantitative estimate of drug-likeness (QED) is 0.103. The maximum atomic E-state index is 15.0. The Hall–Kier alpha value is -3.85. The van der Waals surface area contributed by atoms with Crippen molar-refractivity contribution in [3.63, 3.8) is 0 Å². The van der Waals surface area contributed by atoms with E-state index in [9.17, 15) is 21.6 Å². The lowest BCUT2D eigenvalue weighted by atomic mass is 9.76. The predicted octanol–water partition coefficient (Wildman–Crippen LogP) is 5.59. The minimum absolute atomic E-state index is 0.0199. The van der Waals surface area contributed by atoms with Gasteiger partial charge in [0.15, 0.2) is 5.82 Å². The highest BCUT2D eigenvalue weighted by molar-refractivity contribution is 7.87. The molecule has 0 aliphatic heterocycles. The molecule has 0 atom stereocenters. The van der Waals surface area contributed by atoms with Gasteiger partial charge in [0.1, 0.15) is 29.7 Å². The van der Waals surface area contributed by atoms with Crippen LogP contribution in [0.5, 0.6) is 11.6 Å². The van der Waals surface area contributed by atoms with Crippen LogP contribution in [0.2, 0.25) is 0 Å². The summed E-state index contributed by atoms with van der Waals surface area (Å²) in [7, 11) is -4.56. The molecular weight excluding hydrogens is 599 g/mol. The van der Waals surface area contributed by atoms with Crippen LogP contribution in [0, 0.1) is 17.0 Å². The summed E-state index contributed by atoms with van der Waals surface area (Å²) in [6.07, 6.45) is 1.05. The van der Waals surface area contributed by atoms with E-state index in [2.05, 4.69) is 19.2 Å². The number of benzene rings is 2. The summed E-state index contributed by atoms with van der Waals surface area (Å²) in [5.74, 6) is -2.70. The lowest BCUT2D eigenvalue weighted by molar-refractivity contribution is -0.0501. The molecule has 15 heteroatoms. The van der Waals surface area contributed by atoms with Gasteiger partial charge in [0.25, 0.3) is 0 Å². The number of fused-ring (bicyclic) bond motifs is 2. The number of nitrogens with zero attached hydrogens (tertiary/aromatic N) is 4. The minimum atomic E-state index is -6.03. The smallest absolute Gasteiger partial charge is 0.491 e. The van der Waals surface area contributed by atoms with E-state index in [-0.39, 0.29) is 60.0 Å². The number of halogens is 5. The van der Waals surface area contributed by atoms with Crippen LogP contribution < -0.4 is 8.92 Å². The topological polar surface area (TPSA) is 105 Å². The van der Waals surface area contributed by atoms with Crippen molar-refractivity contribution in [3.8, 4) is 23.1 Å². The fourth-order valence-electron chi connectivity index (χ4n) is 4.86. The fraction of sp³-hybridized carbons (Fsp3) is 0.393. The van der Waals surface area contributed by atoms with Crippen molar-refractivity contribution in [2.24, 2.45) is 5.41 Å². The molecule has 0 N–H and O–H groups in total. The largest absolute Gasteiger partial charge is 0.534 e. The monoisotopic (exact) mass is 626 g/mol. The van der Waals surface area contributed by atoms with E-state index in [4.69, 9.17) is 9.47 Å². The molecule has 0 unspecified atom stereocenters. The summed E-state index contributed by atoms with van der Waals surface area (Å²) in [4.78, 5) is 8.66. The summed E-state index contributed by atoms with van der Waals surface area (Å²) < 4.78 is 110. The van der Waals surface area contributed by atoms with E-state index in [1.165, 1.54) is 11.8 Å². The molecule has 2 aromatic heterocycles.